The van der Waals surface area contributed by atoms with E-state index in [0.29, 0.717) is 24.9 Å². The van der Waals surface area contributed by atoms with Crippen molar-refractivity contribution in [1.82, 2.24) is 24.6 Å². The Bertz CT molecular complexity index is 970. The third-order valence-corrected chi connectivity index (χ3v) is 5.21. The van der Waals surface area contributed by atoms with Crippen molar-refractivity contribution in [3.63, 3.8) is 0 Å². The average Bonchev–Trinajstić information content (AvgIpc) is 3.04. The summed E-state index contributed by atoms with van der Waals surface area (Å²) in [6.07, 6.45) is 5.97. The third kappa shape index (κ3) is 3.54. The van der Waals surface area contributed by atoms with Crippen LogP contribution in [0.5, 0.6) is 0 Å². The van der Waals surface area contributed by atoms with E-state index in [9.17, 15) is 9.18 Å². The van der Waals surface area contributed by atoms with Gasteiger partial charge in [-0.3, -0.25) is 4.79 Å². The number of aryl methyl sites for hydroxylation is 2. The molecule has 0 aliphatic carbocycles. The molecule has 1 fully saturated rings. The number of benzene rings is 1. The lowest BCUT2D eigenvalue weighted by Crippen LogP contribution is -2.39. The summed E-state index contributed by atoms with van der Waals surface area (Å²) in [5.41, 5.74) is 3.07. The van der Waals surface area contributed by atoms with E-state index in [0.717, 1.165) is 36.2 Å². The molecule has 3 aromatic rings. The van der Waals surface area contributed by atoms with Crippen molar-refractivity contribution < 1.29 is 9.18 Å². The lowest BCUT2D eigenvalue weighted by atomic mass is 9.94. The van der Waals surface area contributed by atoms with E-state index in [2.05, 4.69) is 15.1 Å². The molecule has 1 atom stereocenters. The van der Waals surface area contributed by atoms with Crippen LogP contribution in [0.1, 0.15) is 36.4 Å². The number of fused-ring (bicyclic) bond motifs is 1. The first-order valence-corrected chi connectivity index (χ1v) is 9.28. The van der Waals surface area contributed by atoms with E-state index in [-0.39, 0.29) is 17.6 Å². The molecular weight excluding hydrogens is 345 g/mol. The Morgan fingerprint density at radius 2 is 2.07 bits per heavy atom. The largest absolute Gasteiger partial charge is 0.342 e. The van der Waals surface area contributed by atoms with Crippen LogP contribution in [-0.4, -0.2) is 43.6 Å². The fourth-order valence-corrected chi connectivity index (χ4v) is 3.81. The lowest BCUT2D eigenvalue weighted by Gasteiger charge is -2.32. The number of aromatic nitrogens is 4. The van der Waals surface area contributed by atoms with Gasteiger partial charge in [0, 0.05) is 44.9 Å². The van der Waals surface area contributed by atoms with Gasteiger partial charge in [-0.1, -0.05) is 18.2 Å². The van der Waals surface area contributed by atoms with Gasteiger partial charge in [-0.15, -0.1) is 0 Å². The molecule has 4 rings (SSSR count). The Balaban J connectivity index is 1.46. The molecule has 0 radical (unpaired) electrons. The van der Waals surface area contributed by atoms with Gasteiger partial charge >= 0.3 is 0 Å². The molecule has 0 N–H and O–H groups in total. The lowest BCUT2D eigenvalue weighted by molar-refractivity contribution is -0.132. The summed E-state index contributed by atoms with van der Waals surface area (Å²) >= 11 is 0. The number of carbonyl (C=O) groups excluding carboxylic acids is 1. The monoisotopic (exact) mass is 367 g/mol. The molecule has 1 amide bonds. The van der Waals surface area contributed by atoms with E-state index in [4.69, 9.17) is 0 Å². The number of amides is 1. The van der Waals surface area contributed by atoms with E-state index >= 15 is 0 Å². The van der Waals surface area contributed by atoms with Gasteiger partial charge in [0.2, 0.25) is 5.91 Å². The molecule has 6 nitrogen and oxygen atoms in total. The summed E-state index contributed by atoms with van der Waals surface area (Å²) in [5, 5.41) is 4.62. The Hall–Kier alpha value is -2.83. The van der Waals surface area contributed by atoms with Gasteiger partial charge in [0.25, 0.3) is 0 Å². The Labute approximate surface area is 157 Å². The van der Waals surface area contributed by atoms with Gasteiger partial charge in [0.05, 0.1) is 5.69 Å². The molecule has 0 bridgehead atoms. The molecule has 0 saturated carbocycles. The predicted octanol–water partition coefficient (Wildman–Crippen LogP) is 2.84. The minimum Gasteiger partial charge on any atom is -0.342 e. The number of rotatable bonds is 4. The summed E-state index contributed by atoms with van der Waals surface area (Å²) in [7, 11) is 1.86. The van der Waals surface area contributed by atoms with Crippen molar-refractivity contribution in [1.29, 1.82) is 0 Å². The maximum absolute atomic E-state index is 13.8. The standard InChI is InChI=1S/C20H22FN5O/c1-25-20-19(22-10-11-23-20)18(24-25)15-6-4-12-26(13-15)17(27)9-8-14-5-2-3-7-16(14)21/h2-3,5,7,10-11,15H,4,6,8-9,12-13H2,1H3. The fraction of sp³-hybridized carbons (Fsp3) is 0.400. The summed E-state index contributed by atoms with van der Waals surface area (Å²) in [4.78, 5) is 23.3. The van der Waals surface area contributed by atoms with Crippen molar-refractivity contribution >= 4 is 17.1 Å². The van der Waals surface area contributed by atoms with Crippen LogP contribution in [0.25, 0.3) is 11.2 Å². The molecule has 1 unspecified atom stereocenters. The van der Waals surface area contributed by atoms with Crippen molar-refractivity contribution in [3.8, 4) is 0 Å². The third-order valence-electron chi connectivity index (χ3n) is 5.21. The van der Waals surface area contributed by atoms with Gasteiger partial charge in [-0.25, -0.2) is 19.0 Å². The molecule has 2 aromatic heterocycles. The Morgan fingerprint density at radius 3 is 2.93 bits per heavy atom. The highest BCUT2D eigenvalue weighted by atomic mass is 19.1. The van der Waals surface area contributed by atoms with Crippen LogP contribution in [0, 0.1) is 5.82 Å². The Morgan fingerprint density at radius 1 is 1.26 bits per heavy atom. The van der Waals surface area contributed by atoms with Crippen LogP contribution in [-0.2, 0) is 18.3 Å². The van der Waals surface area contributed by atoms with Crippen LogP contribution in [0.3, 0.4) is 0 Å². The summed E-state index contributed by atoms with van der Waals surface area (Å²) in [6.45, 7) is 1.36. The second-order valence-electron chi connectivity index (χ2n) is 7.01. The zero-order chi connectivity index (χ0) is 18.8. The SMILES string of the molecule is Cn1nc(C2CCCN(C(=O)CCc3ccccc3F)C2)c2nccnc21. The topological polar surface area (TPSA) is 63.9 Å². The van der Waals surface area contributed by atoms with Crippen molar-refractivity contribution in [2.75, 3.05) is 13.1 Å². The average molecular weight is 367 g/mol. The molecule has 140 valence electrons. The summed E-state index contributed by atoms with van der Waals surface area (Å²) < 4.78 is 15.5. The molecule has 1 saturated heterocycles. The smallest absolute Gasteiger partial charge is 0.222 e. The predicted molar refractivity (Wildman–Crippen MR) is 99.6 cm³/mol. The number of carbonyl (C=O) groups is 1. The molecule has 1 aromatic carbocycles. The number of likely N-dealkylation sites (tertiary alicyclic amines) is 1. The zero-order valence-electron chi connectivity index (χ0n) is 15.3. The van der Waals surface area contributed by atoms with E-state index < -0.39 is 0 Å². The van der Waals surface area contributed by atoms with Gasteiger partial charge < -0.3 is 4.90 Å². The maximum Gasteiger partial charge on any atom is 0.222 e. The van der Waals surface area contributed by atoms with Crippen molar-refractivity contribution in [2.45, 2.75) is 31.6 Å². The van der Waals surface area contributed by atoms with Crippen molar-refractivity contribution in [2.24, 2.45) is 7.05 Å². The first kappa shape index (κ1) is 17.6. The van der Waals surface area contributed by atoms with Gasteiger partial charge in [0.1, 0.15) is 11.3 Å². The number of halogens is 1. The van der Waals surface area contributed by atoms with E-state index in [1.807, 2.05) is 11.9 Å². The highest BCUT2D eigenvalue weighted by Gasteiger charge is 2.28. The van der Waals surface area contributed by atoms with E-state index in [1.165, 1.54) is 6.07 Å². The Kier molecular flexibility index (Phi) is 4.83. The molecule has 0 spiro atoms. The second kappa shape index (κ2) is 7.42. The van der Waals surface area contributed by atoms with E-state index in [1.54, 1.807) is 35.3 Å². The van der Waals surface area contributed by atoms with Crippen LogP contribution >= 0.6 is 0 Å². The molecule has 1 aliphatic heterocycles. The van der Waals surface area contributed by atoms with Crippen LogP contribution < -0.4 is 0 Å². The molecular formula is C20H22FN5O. The van der Waals surface area contributed by atoms with Gasteiger partial charge in [-0.05, 0) is 30.9 Å². The molecule has 27 heavy (non-hydrogen) atoms. The molecule has 1 aliphatic rings. The number of piperidine rings is 1. The quantitative estimate of drug-likeness (QED) is 0.711. The van der Waals surface area contributed by atoms with Crippen LogP contribution in [0.4, 0.5) is 4.39 Å². The van der Waals surface area contributed by atoms with Gasteiger partial charge in [-0.2, -0.15) is 5.10 Å². The molecule has 3 heterocycles. The minimum atomic E-state index is -0.250. The summed E-state index contributed by atoms with van der Waals surface area (Å²) in [6, 6.07) is 6.63. The number of hydrogen-bond acceptors (Lipinski definition) is 4. The number of nitrogens with zero attached hydrogens (tertiary/aromatic N) is 5. The number of hydrogen-bond donors (Lipinski definition) is 0. The van der Waals surface area contributed by atoms with Crippen molar-refractivity contribution in [3.05, 3.63) is 53.7 Å². The first-order valence-electron chi connectivity index (χ1n) is 9.28. The van der Waals surface area contributed by atoms with Crippen LogP contribution in [0.2, 0.25) is 0 Å². The normalized spacial score (nSPS) is 17.4. The van der Waals surface area contributed by atoms with Gasteiger partial charge in [0.15, 0.2) is 5.65 Å². The zero-order valence-corrected chi connectivity index (χ0v) is 15.3. The second-order valence-corrected chi connectivity index (χ2v) is 7.01. The summed E-state index contributed by atoms with van der Waals surface area (Å²) in [5.74, 6) is -0.0359. The highest BCUT2D eigenvalue weighted by Crippen LogP contribution is 2.30. The minimum absolute atomic E-state index is 0.0641. The molecule has 7 heteroatoms. The fourth-order valence-electron chi connectivity index (χ4n) is 3.81. The first-order chi connectivity index (χ1) is 13.1. The highest BCUT2D eigenvalue weighted by molar-refractivity contribution is 5.77. The van der Waals surface area contributed by atoms with Crippen LogP contribution in [0.15, 0.2) is 36.7 Å². The maximum atomic E-state index is 13.8.